The molecule has 0 fully saturated rings. The van der Waals surface area contributed by atoms with Crippen LogP contribution in [0.1, 0.15) is 0 Å². The zero-order chi connectivity index (χ0) is 9.26. The van der Waals surface area contributed by atoms with Gasteiger partial charge in [0.2, 0.25) is 0 Å². The van der Waals surface area contributed by atoms with Gasteiger partial charge in [-0.25, -0.2) is 9.66 Å². The molecule has 13 heavy (non-hydrogen) atoms. The fourth-order valence-corrected chi connectivity index (χ4v) is 1.19. The quantitative estimate of drug-likeness (QED) is 0.629. The molecule has 0 aliphatic carbocycles. The molecule has 0 unspecified atom stereocenters. The van der Waals surface area contributed by atoms with Crippen molar-refractivity contribution < 1.29 is 0 Å². The van der Waals surface area contributed by atoms with Gasteiger partial charge in [0.25, 0.3) is 0 Å². The lowest BCUT2D eigenvalue weighted by molar-refractivity contribution is 1.01. The minimum Gasteiger partial charge on any atom is -0.382 e. The Kier molecular flexibility index (Phi) is 1.66. The number of nitrogens with zero attached hydrogens (tertiary/aromatic N) is 2. The van der Waals surface area contributed by atoms with Crippen LogP contribution in [0.5, 0.6) is 0 Å². The van der Waals surface area contributed by atoms with Crippen molar-refractivity contribution in [2.24, 2.45) is 0 Å². The van der Waals surface area contributed by atoms with Gasteiger partial charge in [0.05, 0.1) is 0 Å². The number of benzene rings is 1. The molecule has 0 spiro atoms. The molecule has 4 N–H and O–H groups in total. The Morgan fingerprint density at radius 2 is 1.85 bits per heavy atom. The van der Waals surface area contributed by atoms with Crippen LogP contribution in [0.2, 0.25) is 0 Å². The largest absolute Gasteiger partial charge is 0.382 e. The van der Waals surface area contributed by atoms with E-state index in [4.69, 9.17) is 11.6 Å². The molecule has 1 heterocycles. The first kappa shape index (κ1) is 7.67. The summed E-state index contributed by atoms with van der Waals surface area (Å²) in [5.41, 5.74) is 7.41. The van der Waals surface area contributed by atoms with Crippen LogP contribution < -0.4 is 11.6 Å². The summed E-state index contributed by atoms with van der Waals surface area (Å²) < 4.78 is 1.31. The number of nitrogens with two attached hydrogens (primary N) is 2. The number of anilines is 1. The van der Waals surface area contributed by atoms with Crippen LogP contribution in [0.4, 0.5) is 5.82 Å². The maximum Gasteiger partial charge on any atom is 0.150 e. The summed E-state index contributed by atoms with van der Waals surface area (Å²) in [7, 11) is 0. The third-order valence-corrected chi connectivity index (χ3v) is 1.88. The Morgan fingerprint density at radius 1 is 1.15 bits per heavy atom. The fourth-order valence-electron chi connectivity index (χ4n) is 1.19. The molecule has 0 aliphatic rings. The Bertz CT molecular complexity index is 405. The molecule has 1 aromatic carbocycles. The predicted octanol–water partition coefficient (Wildman–Crippen LogP) is 0.846. The summed E-state index contributed by atoms with van der Waals surface area (Å²) in [6, 6.07) is 9.70. The van der Waals surface area contributed by atoms with E-state index in [1.165, 1.54) is 11.0 Å². The van der Waals surface area contributed by atoms with E-state index in [2.05, 4.69) is 4.98 Å². The smallest absolute Gasteiger partial charge is 0.150 e. The first-order valence-corrected chi connectivity index (χ1v) is 3.92. The number of hydrogen-bond acceptors (Lipinski definition) is 3. The third-order valence-electron chi connectivity index (χ3n) is 1.88. The van der Waals surface area contributed by atoms with Crippen molar-refractivity contribution in [3.8, 4) is 11.3 Å². The van der Waals surface area contributed by atoms with Gasteiger partial charge in [-0.1, -0.05) is 30.3 Å². The SMILES string of the molecule is Nc1c(-c2ccccc2)ncn1N. The summed E-state index contributed by atoms with van der Waals surface area (Å²) in [4.78, 5) is 4.10. The number of imidazole rings is 1. The van der Waals surface area contributed by atoms with Gasteiger partial charge in [-0.05, 0) is 0 Å². The molecule has 2 aromatic rings. The predicted molar refractivity (Wildman–Crippen MR) is 52.2 cm³/mol. The average molecular weight is 174 g/mol. The van der Waals surface area contributed by atoms with Crippen LogP contribution in [0, 0.1) is 0 Å². The topological polar surface area (TPSA) is 69.9 Å². The van der Waals surface area contributed by atoms with E-state index in [0.717, 1.165) is 11.3 Å². The normalized spacial score (nSPS) is 10.2. The lowest BCUT2D eigenvalue weighted by Crippen LogP contribution is -2.09. The van der Waals surface area contributed by atoms with Gasteiger partial charge < -0.3 is 11.6 Å². The summed E-state index contributed by atoms with van der Waals surface area (Å²) >= 11 is 0. The van der Waals surface area contributed by atoms with Crippen molar-refractivity contribution in [3.05, 3.63) is 36.7 Å². The minimum atomic E-state index is 0.478. The number of rotatable bonds is 1. The van der Waals surface area contributed by atoms with Crippen molar-refractivity contribution in [1.29, 1.82) is 0 Å². The third kappa shape index (κ3) is 1.22. The standard InChI is InChI=1S/C9H10N4/c10-9-8(12-6-13(9)11)7-4-2-1-3-5-7/h1-6H,10-11H2. The van der Waals surface area contributed by atoms with E-state index < -0.39 is 0 Å². The highest BCUT2D eigenvalue weighted by Gasteiger charge is 2.06. The van der Waals surface area contributed by atoms with E-state index in [0.29, 0.717) is 5.82 Å². The first-order valence-electron chi connectivity index (χ1n) is 3.92. The molecule has 0 amide bonds. The molecule has 0 saturated carbocycles. The summed E-state index contributed by atoms with van der Waals surface area (Å²) in [6.45, 7) is 0. The highest BCUT2D eigenvalue weighted by atomic mass is 15.3. The Morgan fingerprint density at radius 3 is 2.38 bits per heavy atom. The highest BCUT2D eigenvalue weighted by molar-refractivity contribution is 5.70. The van der Waals surface area contributed by atoms with Crippen molar-refractivity contribution in [2.45, 2.75) is 0 Å². The summed E-state index contributed by atoms with van der Waals surface area (Å²) in [5.74, 6) is 5.99. The van der Waals surface area contributed by atoms with Crippen molar-refractivity contribution in [1.82, 2.24) is 9.66 Å². The Labute approximate surface area is 75.8 Å². The van der Waals surface area contributed by atoms with Crippen molar-refractivity contribution >= 4 is 5.82 Å². The lowest BCUT2D eigenvalue weighted by atomic mass is 10.1. The second-order valence-corrected chi connectivity index (χ2v) is 2.75. The van der Waals surface area contributed by atoms with Crippen molar-refractivity contribution in [3.63, 3.8) is 0 Å². The number of aromatic nitrogens is 2. The van der Waals surface area contributed by atoms with Crippen molar-refractivity contribution in [2.75, 3.05) is 11.6 Å². The molecule has 2 rings (SSSR count). The molecule has 4 heteroatoms. The van der Waals surface area contributed by atoms with Gasteiger partial charge >= 0.3 is 0 Å². The van der Waals surface area contributed by atoms with Gasteiger partial charge in [-0.15, -0.1) is 0 Å². The number of hydrogen-bond donors (Lipinski definition) is 2. The van der Waals surface area contributed by atoms with Gasteiger partial charge in [0.1, 0.15) is 17.8 Å². The van der Waals surface area contributed by atoms with Gasteiger partial charge in [-0.2, -0.15) is 0 Å². The van der Waals surface area contributed by atoms with Crippen LogP contribution in [0.3, 0.4) is 0 Å². The zero-order valence-electron chi connectivity index (χ0n) is 7.01. The summed E-state index contributed by atoms with van der Waals surface area (Å²) in [6.07, 6.45) is 1.50. The van der Waals surface area contributed by atoms with Crippen LogP contribution >= 0.6 is 0 Å². The average Bonchev–Trinajstić information content (AvgIpc) is 2.49. The first-order chi connectivity index (χ1) is 6.29. The van der Waals surface area contributed by atoms with Crippen LogP contribution in [0.25, 0.3) is 11.3 Å². The maximum atomic E-state index is 5.71. The van der Waals surface area contributed by atoms with Crippen LogP contribution in [0.15, 0.2) is 36.7 Å². The summed E-state index contributed by atoms with van der Waals surface area (Å²) in [5, 5.41) is 0. The number of nitrogen functional groups attached to an aromatic ring is 2. The molecule has 0 bridgehead atoms. The maximum absolute atomic E-state index is 5.71. The van der Waals surface area contributed by atoms with E-state index >= 15 is 0 Å². The molecule has 66 valence electrons. The van der Waals surface area contributed by atoms with E-state index in [1.54, 1.807) is 0 Å². The molecule has 0 aliphatic heterocycles. The Hall–Kier alpha value is -1.97. The van der Waals surface area contributed by atoms with Gasteiger partial charge in [0.15, 0.2) is 0 Å². The lowest BCUT2D eigenvalue weighted by Gasteiger charge is -1.98. The molecule has 4 nitrogen and oxygen atoms in total. The molecular formula is C9H10N4. The van der Waals surface area contributed by atoms with Crippen LogP contribution in [-0.4, -0.2) is 9.66 Å². The minimum absolute atomic E-state index is 0.478. The zero-order valence-corrected chi connectivity index (χ0v) is 7.01. The Balaban J connectivity index is 2.53. The molecule has 0 saturated heterocycles. The second-order valence-electron chi connectivity index (χ2n) is 2.75. The molecule has 1 aromatic heterocycles. The highest BCUT2D eigenvalue weighted by Crippen LogP contribution is 2.21. The van der Waals surface area contributed by atoms with E-state index in [9.17, 15) is 0 Å². The van der Waals surface area contributed by atoms with Gasteiger partial charge in [-0.3, -0.25) is 0 Å². The molecule has 0 atom stereocenters. The second kappa shape index (κ2) is 2.82. The monoisotopic (exact) mass is 174 g/mol. The molecular weight excluding hydrogens is 164 g/mol. The van der Waals surface area contributed by atoms with E-state index in [1.807, 2.05) is 30.3 Å². The van der Waals surface area contributed by atoms with Gasteiger partial charge in [0, 0.05) is 5.56 Å². The fraction of sp³-hybridized carbons (Fsp3) is 0. The van der Waals surface area contributed by atoms with E-state index in [-0.39, 0.29) is 0 Å². The molecule has 0 radical (unpaired) electrons. The van der Waals surface area contributed by atoms with Crippen LogP contribution in [-0.2, 0) is 0 Å².